The second kappa shape index (κ2) is 16.6. The lowest BCUT2D eigenvalue weighted by molar-refractivity contribution is 0.294. The van der Waals surface area contributed by atoms with Crippen LogP contribution in [-0.4, -0.2) is 145 Å². The Bertz CT molecular complexity index is 4120. The summed E-state index contributed by atoms with van der Waals surface area (Å²) in [6.07, 6.45) is 0.235. The van der Waals surface area contributed by atoms with Crippen LogP contribution in [0.25, 0.3) is 71.8 Å². The molecule has 6 aromatic carbocycles. The highest BCUT2D eigenvalue weighted by atomic mass is 16.4. The van der Waals surface area contributed by atoms with Crippen molar-refractivity contribution in [3.05, 3.63) is 64.9 Å². The number of nitrogens with zero attached hydrogens (tertiary/aromatic N) is 4. The summed E-state index contributed by atoms with van der Waals surface area (Å²) < 4.78 is 1.90. The Labute approximate surface area is 419 Å². The molecule has 0 unspecified atom stereocenters. The van der Waals surface area contributed by atoms with Gasteiger partial charge in [-0.1, -0.05) is 18.2 Å². The Hall–Kier alpha value is -11.4. The number of phenolic OH excluding ortho intramolecular Hbond substituents is 19. The highest BCUT2D eigenvalue weighted by Gasteiger charge is 2.36. The predicted molar refractivity (Wildman–Crippen MR) is 267 cm³/mol. The van der Waals surface area contributed by atoms with Gasteiger partial charge < -0.3 is 128 Å². The van der Waals surface area contributed by atoms with Crippen molar-refractivity contribution in [2.75, 3.05) is 0 Å². The summed E-state index contributed by atoms with van der Waals surface area (Å²) in [5, 5.41) is 249. The zero-order valence-corrected chi connectivity index (χ0v) is 38.3. The molecule has 29 heteroatoms. The minimum atomic E-state index is -1.51. The summed E-state index contributed by atoms with van der Waals surface area (Å²) in [6.45, 7) is 1.08. The first-order valence-corrected chi connectivity index (χ1v) is 21.3. The molecule has 25 N–H and O–H groups in total. The maximum Gasteiger partial charge on any atom is 0.207 e. The highest BCUT2D eigenvalue weighted by Crippen LogP contribution is 2.60. The lowest BCUT2D eigenvalue weighted by Gasteiger charge is -2.17. The van der Waals surface area contributed by atoms with Crippen LogP contribution in [0.2, 0.25) is 0 Å². The fourth-order valence-electron chi connectivity index (χ4n) is 9.31. The molecule has 76 heavy (non-hydrogen) atoms. The number of hydrogen-bond acceptors (Lipinski definition) is 24. The summed E-state index contributed by atoms with van der Waals surface area (Å²) >= 11 is 0. The summed E-state index contributed by atoms with van der Waals surface area (Å²) in [5.41, 5.74) is 0.641. The van der Waals surface area contributed by atoms with Crippen LogP contribution in [0.3, 0.4) is 0 Å². The van der Waals surface area contributed by atoms with Crippen LogP contribution in [-0.2, 0) is 6.42 Å². The van der Waals surface area contributed by atoms with Gasteiger partial charge in [0.25, 0.3) is 0 Å². The van der Waals surface area contributed by atoms with Crippen LogP contribution in [0.5, 0.6) is 109 Å². The van der Waals surface area contributed by atoms with Crippen molar-refractivity contribution in [1.29, 1.82) is 0 Å². The number of allylic oxidation sites excluding steroid dienone is 1. The molecule has 0 atom stereocenters. The van der Waals surface area contributed by atoms with Crippen LogP contribution in [0, 0.1) is 6.92 Å². The number of nitrogens with two attached hydrogens (primary N) is 1. The summed E-state index contributed by atoms with van der Waals surface area (Å²) in [7, 11) is 1.09. The van der Waals surface area contributed by atoms with E-state index in [-0.39, 0.29) is 17.5 Å². The lowest BCUT2D eigenvalue weighted by Crippen LogP contribution is -2.25. The van der Waals surface area contributed by atoms with Gasteiger partial charge in [-0.15, -0.1) is 0 Å². The number of aromatic nitrogens is 3. The third kappa shape index (κ3) is 6.28. The number of benzene rings is 6. The molecule has 0 saturated heterocycles. The molecule has 3 aromatic heterocycles. The largest absolute Gasteiger partial charge is 0.512 e. The van der Waals surface area contributed by atoms with Crippen LogP contribution in [0.1, 0.15) is 16.8 Å². The maximum atomic E-state index is 11.7. The summed E-state index contributed by atoms with van der Waals surface area (Å²) in [6, 6.07) is 5.27. The molecule has 0 bridgehead atoms. The Kier molecular flexibility index (Phi) is 10.8. The molecule has 0 saturated carbocycles. The molecule has 9 rings (SSSR count). The van der Waals surface area contributed by atoms with E-state index in [1.54, 1.807) is 0 Å². The molecular formula is C47H38BN5O23. The zero-order chi connectivity index (χ0) is 55.9. The van der Waals surface area contributed by atoms with E-state index in [2.05, 4.69) is 4.99 Å². The topological polar surface area (TPSA) is 518 Å². The minimum Gasteiger partial charge on any atom is -0.512 e. The highest BCUT2D eigenvalue weighted by molar-refractivity contribution is 6.40. The van der Waals surface area contributed by atoms with E-state index in [1.807, 2.05) is 0 Å². The minimum absolute atomic E-state index is 0.0698. The normalized spacial score (nSPS) is 13.0. The van der Waals surface area contributed by atoms with Crippen molar-refractivity contribution in [1.82, 2.24) is 13.7 Å². The maximum absolute atomic E-state index is 11.7. The molecule has 0 fully saturated rings. The number of para-hydroxylation sites is 1. The molecule has 0 radical (unpaired) electrons. The van der Waals surface area contributed by atoms with E-state index < -0.39 is 216 Å². The van der Waals surface area contributed by atoms with Crippen molar-refractivity contribution in [3.63, 3.8) is 0 Å². The fraction of sp³-hybridized carbons (Fsp3) is 0.0426. The number of phenols is 19. The predicted octanol–water partition coefficient (Wildman–Crippen LogP) is 3.47. The van der Waals surface area contributed by atoms with Gasteiger partial charge in [0.2, 0.25) is 57.7 Å². The molecule has 0 amide bonds. The van der Waals surface area contributed by atoms with Crippen LogP contribution < -0.4 is 11.2 Å². The van der Waals surface area contributed by atoms with E-state index in [1.165, 1.54) is 24.3 Å². The standard InChI is InChI=1S/C47H38BN5O23/c1-9-14-21(35(65)43(73)39(69)28(14)58)53(20(9)33(63)26(56)12(55)8-54)47(49)50-13(52-24-15(27(57)19(48)32(62)34(24)64)16-25(52)38(68)46(76)40(70)29(16)59)7-6-10-4-2-3-5-11(10)51-22-17(30(60)41(71)44(74)36(22)66)18-23(51)37(67)45(75)42(72)31(18)61/h2-5,7-8,54-76H,6,48H2,1H3,(H2,49,50)/b12-8-,13-7+,33-26-. The Morgan fingerprint density at radius 2 is 0.882 bits per heavy atom. The van der Waals surface area contributed by atoms with Gasteiger partial charge >= 0.3 is 0 Å². The van der Waals surface area contributed by atoms with Gasteiger partial charge in [-0.05, 0) is 42.1 Å². The SMILES string of the molecule is Bc1c(O)c(O)c2c(c1O)c1c(O)c(O)c(O)c(O)c1n2C(=C/Cc1ccccc1-n1c2c(O)c(O)c(O)c(O)c2c2c(O)c(O)c(O)c(O)c21)/N=C(\N)n1c(/C(O)=C(O)\C(O)=C\O)c(C)c2c(O)c(O)c(O)c(O)c21. The molecule has 3 heterocycles. The van der Waals surface area contributed by atoms with E-state index >= 15 is 0 Å². The van der Waals surface area contributed by atoms with Gasteiger partial charge in [0.05, 0.1) is 32.6 Å². The van der Waals surface area contributed by atoms with Gasteiger partial charge in [0, 0.05) is 5.69 Å². The molecule has 0 aliphatic heterocycles. The zero-order valence-electron chi connectivity index (χ0n) is 38.3. The number of aliphatic imine (C=N–C) groups is 1. The molecule has 28 nitrogen and oxygen atoms in total. The molecule has 9 aromatic rings. The van der Waals surface area contributed by atoms with E-state index in [0.717, 1.165) is 25.4 Å². The first-order valence-electron chi connectivity index (χ1n) is 21.3. The summed E-state index contributed by atoms with van der Waals surface area (Å²) in [4.78, 5) is 4.41. The van der Waals surface area contributed by atoms with Crippen molar-refractivity contribution >= 4 is 85.4 Å². The molecule has 0 spiro atoms. The van der Waals surface area contributed by atoms with Gasteiger partial charge in [-0.25, -0.2) is 0 Å². The quantitative estimate of drug-likeness (QED) is 0.0207. The number of aliphatic hydroxyl groups excluding tert-OH is 4. The Morgan fingerprint density at radius 3 is 1.36 bits per heavy atom. The number of aliphatic hydroxyl groups is 4. The first-order chi connectivity index (χ1) is 35.7. The second-order valence-corrected chi connectivity index (χ2v) is 16.9. The van der Waals surface area contributed by atoms with Gasteiger partial charge in [-0.2, -0.15) is 4.99 Å². The first kappa shape index (κ1) is 49.6. The van der Waals surface area contributed by atoms with E-state index in [4.69, 9.17) is 5.73 Å². The van der Waals surface area contributed by atoms with Crippen LogP contribution >= 0.6 is 0 Å². The van der Waals surface area contributed by atoms with Gasteiger partial charge in [-0.3, -0.25) is 9.13 Å². The average molecular weight is 1050 g/mol. The van der Waals surface area contributed by atoms with Gasteiger partial charge in [0.15, 0.2) is 69.0 Å². The Morgan fingerprint density at radius 1 is 0.500 bits per heavy atom. The van der Waals surface area contributed by atoms with Crippen molar-refractivity contribution < 1.29 is 117 Å². The molecule has 0 aliphatic carbocycles. The second-order valence-electron chi connectivity index (χ2n) is 16.9. The van der Waals surface area contributed by atoms with Crippen molar-refractivity contribution in [2.24, 2.45) is 10.7 Å². The van der Waals surface area contributed by atoms with Crippen LogP contribution in [0.15, 0.2) is 53.1 Å². The third-order valence-electron chi connectivity index (χ3n) is 12.9. The number of aromatic hydroxyl groups is 19. The molecular weight excluding hydrogens is 1010 g/mol. The van der Waals surface area contributed by atoms with Crippen molar-refractivity contribution in [2.45, 2.75) is 13.3 Å². The smallest absolute Gasteiger partial charge is 0.207 e. The number of fused-ring (bicyclic) bond motifs is 7. The van der Waals surface area contributed by atoms with E-state index in [0.29, 0.717) is 9.13 Å². The fourth-order valence-corrected chi connectivity index (χ4v) is 9.31. The number of aryl methyl sites for hydroxylation is 1. The summed E-state index contributed by atoms with van der Waals surface area (Å²) in [5.74, 6) is -30.4. The number of hydrogen-bond donors (Lipinski definition) is 24. The van der Waals surface area contributed by atoms with Crippen LogP contribution in [0.4, 0.5) is 0 Å². The van der Waals surface area contributed by atoms with E-state index in [9.17, 15) is 117 Å². The monoisotopic (exact) mass is 1050 g/mol. The Balaban J connectivity index is 1.47. The van der Waals surface area contributed by atoms with Gasteiger partial charge in [0.1, 0.15) is 53.3 Å². The van der Waals surface area contributed by atoms with Crippen molar-refractivity contribution in [3.8, 4) is 115 Å². The molecule has 392 valence electrons. The average Bonchev–Trinajstić information content (AvgIpc) is 4.18. The third-order valence-corrected chi connectivity index (χ3v) is 12.9. The lowest BCUT2D eigenvalue weighted by atomic mass is 9.90. The molecule has 0 aliphatic rings. The number of rotatable bonds is 7.